The molecule has 0 radical (unpaired) electrons. The predicted molar refractivity (Wildman–Crippen MR) is 67.4 cm³/mol. The van der Waals surface area contributed by atoms with Crippen molar-refractivity contribution >= 4 is 32.4 Å². The maximum atomic E-state index is 10.8. The molecule has 0 spiro atoms. The van der Waals surface area contributed by atoms with Gasteiger partial charge in [-0.2, -0.15) is 0 Å². The first-order chi connectivity index (χ1) is 6.92. The van der Waals surface area contributed by atoms with E-state index in [1.165, 1.54) is 0 Å². The van der Waals surface area contributed by atoms with E-state index in [1.54, 1.807) is 25.3 Å². The summed E-state index contributed by atoms with van der Waals surface area (Å²) in [5.41, 5.74) is 0.658. The molecule has 1 aromatic carbocycles. The molecule has 0 saturated carbocycles. The summed E-state index contributed by atoms with van der Waals surface area (Å²) in [6.07, 6.45) is 1.08. The lowest BCUT2D eigenvalue weighted by molar-refractivity contribution is 0.412. The summed E-state index contributed by atoms with van der Waals surface area (Å²) in [6.45, 7) is 0. The number of rotatable bonds is 1. The number of halogens is 1. The number of ether oxygens (including phenoxy) is 1. The van der Waals surface area contributed by atoms with E-state index in [9.17, 15) is 8.42 Å². The van der Waals surface area contributed by atoms with Gasteiger partial charge in [-0.05, 0) is 46.7 Å². The zero-order valence-corrected chi connectivity index (χ0v) is 11.2. The van der Waals surface area contributed by atoms with Crippen molar-refractivity contribution in [3.8, 4) is 16.9 Å². The summed E-state index contributed by atoms with van der Waals surface area (Å²) in [6, 6.07) is 5.25. The van der Waals surface area contributed by atoms with Crippen molar-refractivity contribution in [3.63, 3.8) is 0 Å². The van der Waals surface area contributed by atoms with Crippen LogP contribution in [0.1, 0.15) is 5.56 Å². The average Bonchev–Trinajstić information content (AvgIpc) is 2.14. The largest absolute Gasteiger partial charge is 0.496 e. The second-order valence-corrected chi connectivity index (χ2v) is 5.76. The van der Waals surface area contributed by atoms with Gasteiger partial charge in [0.1, 0.15) is 5.75 Å². The molecule has 5 heteroatoms. The molecule has 0 aliphatic rings. The van der Waals surface area contributed by atoms with Crippen molar-refractivity contribution in [3.05, 3.63) is 27.3 Å². The molecule has 1 aromatic rings. The predicted octanol–water partition coefficient (Wildman–Crippen LogP) is 1.65. The summed E-state index contributed by atoms with van der Waals surface area (Å²) < 4.78 is 27.6. The highest BCUT2D eigenvalue weighted by atomic mass is 127. The van der Waals surface area contributed by atoms with Crippen molar-refractivity contribution in [2.45, 2.75) is 0 Å². The van der Waals surface area contributed by atoms with E-state index < -0.39 is 9.84 Å². The first-order valence-corrected chi connectivity index (χ1v) is 6.96. The van der Waals surface area contributed by atoms with Gasteiger partial charge in [0.25, 0.3) is 0 Å². The highest BCUT2D eigenvalue weighted by molar-refractivity contribution is 14.1. The quantitative estimate of drug-likeness (QED) is 0.579. The molecular formula is C10H9IO3S. The van der Waals surface area contributed by atoms with Gasteiger partial charge >= 0.3 is 0 Å². The zero-order valence-electron chi connectivity index (χ0n) is 8.24. The Bertz CT molecular complexity index is 523. The maximum Gasteiger partial charge on any atom is 0.214 e. The Morgan fingerprint density at radius 2 is 2.07 bits per heavy atom. The van der Waals surface area contributed by atoms with E-state index in [4.69, 9.17) is 4.74 Å². The fourth-order valence-electron chi connectivity index (χ4n) is 0.896. The van der Waals surface area contributed by atoms with Crippen LogP contribution < -0.4 is 4.74 Å². The van der Waals surface area contributed by atoms with E-state index in [2.05, 4.69) is 33.8 Å². The van der Waals surface area contributed by atoms with Crippen LogP contribution in [0.2, 0.25) is 0 Å². The molecule has 0 atom stereocenters. The van der Waals surface area contributed by atoms with Crippen molar-refractivity contribution in [2.24, 2.45) is 0 Å². The Morgan fingerprint density at radius 1 is 1.40 bits per heavy atom. The van der Waals surface area contributed by atoms with E-state index >= 15 is 0 Å². The molecule has 1 rings (SSSR count). The molecule has 0 bridgehead atoms. The summed E-state index contributed by atoms with van der Waals surface area (Å²) >= 11 is 2.10. The monoisotopic (exact) mass is 336 g/mol. The van der Waals surface area contributed by atoms with Gasteiger partial charge in [-0.3, -0.25) is 0 Å². The van der Waals surface area contributed by atoms with Gasteiger partial charge in [-0.15, -0.1) is 0 Å². The maximum absolute atomic E-state index is 10.8. The average molecular weight is 336 g/mol. The van der Waals surface area contributed by atoms with E-state index in [1.807, 2.05) is 0 Å². The molecule has 0 fully saturated rings. The van der Waals surface area contributed by atoms with Crippen LogP contribution in [0.5, 0.6) is 5.75 Å². The molecule has 0 unspecified atom stereocenters. The smallest absolute Gasteiger partial charge is 0.214 e. The molecule has 15 heavy (non-hydrogen) atoms. The van der Waals surface area contributed by atoms with E-state index in [-0.39, 0.29) is 0 Å². The lowest BCUT2D eigenvalue weighted by atomic mass is 10.2. The highest BCUT2D eigenvalue weighted by Crippen LogP contribution is 2.20. The van der Waals surface area contributed by atoms with Crippen molar-refractivity contribution in [1.82, 2.24) is 0 Å². The SMILES string of the molecule is COc1ccc(C#CS(C)(=O)=O)cc1I. The summed E-state index contributed by atoms with van der Waals surface area (Å²) in [5, 5.41) is 2.18. The second kappa shape index (κ2) is 4.86. The molecular weight excluding hydrogens is 327 g/mol. The van der Waals surface area contributed by atoms with E-state index in [0.29, 0.717) is 5.56 Å². The number of sulfone groups is 1. The van der Waals surface area contributed by atoms with Crippen molar-refractivity contribution in [2.75, 3.05) is 13.4 Å². The topological polar surface area (TPSA) is 43.4 Å². The fourth-order valence-corrected chi connectivity index (χ4v) is 1.93. The molecule has 3 nitrogen and oxygen atoms in total. The van der Waals surface area contributed by atoms with Crippen LogP contribution in [0.15, 0.2) is 18.2 Å². The van der Waals surface area contributed by atoms with Gasteiger partial charge < -0.3 is 4.74 Å². The molecule has 0 aromatic heterocycles. The van der Waals surface area contributed by atoms with Crippen molar-refractivity contribution in [1.29, 1.82) is 0 Å². The Kier molecular flexibility index (Phi) is 3.99. The third kappa shape index (κ3) is 4.10. The van der Waals surface area contributed by atoms with Gasteiger partial charge in [0, 0.05) is 10.8 Å². The fraction of sp³-hybridized carbons (Fsp3) is 0.200. The highest BCUT2D eigenvalue weighted by Gasteiger charge is 1.99. The van der Waals surface area contributed by atoms with Crippen LogP contribution in [-0.4, -0.2) is 21.8 Å². The molecule has 80 valence electrons. The minimum absolute atomic E-state index is 0.658. The number of hydrogen-bond acceptors (Lipinski definition) is 3. The van der Waals surface area contributed by atoms with Gasteiger partial charge in [-0.25, -0.2) is 8.42 Å². The zero-order chi connectivity index (χ0) is 11.5. The van der Waals surface area contributed by atoms with Crippen LogP contribution in [-0.2, 0) is 9.84 Å². The first kappa shape index (κ1) is 12.3. The minimum atomic E-state index is -3.25. The third-order valence-corrected chi connectivity index (χ3v) is 2.85. The van der Waals surface area contributed by atoms with E-state index in [0.717, 1.165) is 15.6 Å². The third-order valence-electron chi connectivity index (χ3n) is 1.53. The van der Waals surface area contributed by atoms with Crippen LogP contribution in [0.3, 0.4) is 0 Å². The summed E-state index contributed by atoms with van der Waals surface area (Å²) in [4.78, 5) is 0. The molecule has 0 saturated heterocycles. The molecule has 0 aliphatic heterocycles. The van der Waals surface area contributed by atoms with Crippen molar-refractivity contribution < 1.29 is 13.2 Å². The van der Waals surface area contributed by atoms with Crippen LogP contribution in [0, 0.1) is 14.7 Å². The number of methoxy groups -OCH3 is 1. The van der Waals surface area contributed by atoms with Crippen LogP contribution >= 0.6 is 22.6 Å². The second-order valence-electron chi connectivity index (χ2n) is 2.85. The first-order valence-electron chi connectivity index (χ1n) is 3.99. The molecule has 0 heterocycles. The summed E-state index contributed by atoms with van der Waals surface area (Å²) in [5.74, 6) is 3.33. The number of hydrogen-bond donors (Lipinski definition) is 0. The van der Waals surface area contributed by atoms with Gasteiger partial charge in [0.15, 0.2) is 0 Å². The lowest BCUT2D eigenvalue weighted by Gasteiger charge is -2.01. The normalized spacial score (nSPS) is 10.3. The Hall–Kier alpha value is -0.740. The van der Waals surface area contributed by atoms with Gasteiger partial charge in [0.05, 0.1) is 16.9 Å². The molecule has 0 aliphatic carbocycles. The number of benzene rings is 1. The van der Waals surface area contributed by atoms with Crippen LogP contribution in [0.25, 0.3) is 0 Å². The van der Waals surface area contributed by atoms with Gasteiger partial charge in [-0.1, -0.05) is 0 Å². The Labute approximate surface area is 103 Å². The lowest BCUT2D eigenvalue weighted by Crippen LogP contribution is -1.90. The van der Waals surface area contributed by atoms with Gasteiger partial charge in [0.2, 0.25) is 9.84 Å². The molecule has 0 amide bonds. The standard InChI is InChI=1S/C10H9IO3S/c1-14-10-4-3-8(7-9(10)11)5-6-15(2,12)13/h3-4,7H,1-2H3. The molecule has 0 N–H and O–H groups in total. The summed E-state index contributed by atoms with van der Waals surface area (Å²) in [7, 11) is -1.66. The Morgan fingerprint density at radius 3 is 2.53 bits per heavy atom. The minimum Gasteiger partial charge on any atom is -0.496 e. The van der Waals surface area contributed by atoms with Crippen LogP contribution in [0.4, 0.5) is 0 Å². The Balaban J connectivity index is 3.08.